The zero-order valence-corrected chi connectivity index (χ0v) is 17.6. The highest BCUT2D eigenvalue weighted by Crippen LogP contribution is 2.45. The number of nitrogens with one attached hydrogen (secondary N) is 1. The summed E-state index contributed by atoms with van der Waals surface area (Å²) in [6.45, 7) is 3.69. The van der Waals surface area contributed by atoms with Crippen LogP contribution in [-0.4, -0.2) is 38.7 Å². The van der Waals surface area contributed by atoms with Crippen molar-refractivity contribution in [2.45, 2.75) is 32.6 Å². The molecule has 29 heavy (non-hydrogen) atoms. The van der Waals surface area contributed by atoms with Crippen LogP contribution in [0.3, 0.4) is 0 Å². The second-order valence-corrected chi connectivity index (χ2v) is 7.96. The van der Waals surface area contributed by atoms with Gasteiger partial charge in [-0.15, -0.1) is 11.3 Å². The van der Waals surface area contributed by atoms with Gasteiger partial charge in [-0.05, 0) is 43.9 Å². The van der Waals surface area contributed by atoms with Crippen LogP contribution in [-0.2, 0) is 25.5 Å². The minimum absolute atomic E-state index is 0.201. The second kappa shape index (κ2) is 8.65. The maximum Gasteiger partial charge on any atom is 0.341 e. The molecule has 0 saturated carbocycles. The van der Waals surface area contributed by atoms with Crippen molar-refractivity contribution in [3.63, 3.8) is 0 Å². The third-order valence-corrected chi connectivity index (χ3v) is 6.03. The minimum atomic E-state index is -0.594. The molecule has 1 atom stereocenters. The predicted molar refractivity (Wildman–Crippen MR) is 109 cm³/mol. The maximum absolute atomic E-state index is 12.5. The molecule has 154 valence electrons. The summed E-state index contributed by atoms with van der Waals surface area (Å²) < 4.78 is 15.4. The summed E-state index contributed by atoms with van der Waals surface area (Å²) in [7, 11) is 2.58. The Balaban J connectivity index is 1.79. The van der Waals surface area contributed by atoms with Gasteiger partial charge in [0.1, 0.15) is 10.8 Å². The molecule has 1 heterocycles. The van der Waals surface area contributed by atoms with Gasteiger partial charge in [0.25, 0.3) is 5.91 Å². The fraction of sp³-hybridized carbons (Fsp3) is 0.381. The Morgan fingerprint density at radius 1 is 1.17 bits per heavy atom. The summed E-state index contributed by atoms with van der Waals surface area (Å²) in [5.74, 6) is -1.30. The van der Waals surface area contributed by atoms with Crippen LogP contribution < -0.4 is 10.1 Å². The van der Waals surface area contributed by atoms with E-state index >= 15 is 0 Å². The summed E-state index contributed by atoms with van der Waals surface area (Å²) in [5.41, 5.74) is 2.86. The van der Waals surface area contributed by atoms with Crippen molar-refractivity contribution in [3.8, 4) is 5.75 Å². The van der Waals surface area contributed by atoms with Crippen LogP contribution in [0.5, 0.6) is 5.75 Å². The lowest BCUT2D eigenvalue weighted by Crippen LogP contribution is -2.22. The van der Waals surface area contributed by atoms with E-state index in [1.165, 1.54) is 25.6 Å². The number of carbonyl (C=O) groups excluding carboxylic acids is 3. The number of carbonyl (C=O) groups is 3. The Morgan fingerprint density at radius 2 is 1.93 bits per heavy atom. The number of aryl methyl sites for hydroxylation is 3. The summed E-state index contributed by atoms with van der Waals surface area (Å²) >= 11 is 1.28. The van der Waals surface area contributed by atoms with Crippen molar-refractivity contribution in [2.75, 3.05) is 26.1 Å². The van der Waals surface area contributed by atoms with Gasteiger partial charge in [-0.25, -0.2) is 4.79 Å². The average Bonchev–Trinajstić information content (AvgIpc) is 3.24. The van der Waals surface area contributed by atoms with Crippen molar-refractivity contribution < 1.29 is 28.6 Å². The van der Waals surface area contributed by atoms with Crippen LogP contribution >= 0.6 is 11.3 Å². The Morgan fingerprint density at radius 3 is 2.59 bits per heavy atom. The van der Waals surface area contributed by atoms with Gasteiger partial charge in [0.2, 0.25) is 0 Å². The molecule has 1 aliphatic rings. The smallest absolute Gasteiger partial charge is 0.341 e. The van der Waals surface area contributed by atoms with Gasteiger partial charge < -0.3 is 19.5 Å². The van der Waals surface area contributed by atoms with Gasteiger partial charge in [-0.3, -0.25) is 9.59 Å². The van der Waals surface area contributed by atoms with E-state index in [2.05, 4.69) is 5.32 Å². The molecule has 0 bridgehead atoms. The highest BCUT2D eigenvalue weighted by atomic mass is 32.1. The van der Waals surface area contributed by atoms with Gasteiger partial charge in [0.15, 0.2) is 6.61 Å². The van der Waals surface area contributed by atoms with Gasteiger partial charge in [-0.2, -0.15) is 0 Å². The lowest BCUT2D eigenvalue weighted by molar-refractivity contribution is -0.142. The Labute approximate surface area is 173 Å². The maximum atomic E-state index is 12.5. The monoisotopic (exact) mass is 417 g/mol. The van der Waals surface area contributed by atoms with E-state index in [0.717, 1.165) is 16.0 Å². The molecule has 0 spiro atoms. The Kier molecular flexibility index (Phi) is 6.22. The van der Waals surface area contributed by atoms with Crippen molar-refractivity contribution >= 4 is 34.2 Å². The quantitative estimate of drug-likeness (QED) is 0.725. The minimum Gasteiger partial charge on any atom is -0.483 e. The molecule has 1 aromatic heterocycles. The number of fused-ring (bicyclic) bond motifs is 1. The summed E-state index contributed by atoms with van der Waals surface area (Å²) in [6, 6.07) is 5.70. The molecule has 2 aromatic rings. The molecule has 7 nitrogen and oxygen atoms in total. The van der Waals surface area contributed by atoms with Crippen LogP contribution in [0, 0.1) is 13.8 Å². The average molecular weight is 417 g/mol. The molecule has 0 fully saturated rings. The first kappa shape index (κ1) is 20.9. The SMILES string of the molecule is COC(=O)c1c(NC(=O)COc2ccc(C)cc2C)sc2c1[C@H](C(=O)OC)CC2. The number of ether oxygens (including phenoxy) is 3. The topological polar surface area (TPSA) is 90.9 Å². The first-order valence-corrected chi connectivity index (χ1v) is 9.99. The number of hydrogen-bond donors (Lipinski definition) is 1. The zero-order chi connectivity index (χ0) is 21.1. The predicted octanol–water partition coefficient (Wildman–Crippen LogP) is 3.37. The summed E-state index contributed by atoms with van der Waals surface area (Å²) in [4.78, 5) is 37.8. The first-order chi connectivity index (χ1) is 13.8. The van der Waals surface area contributed by atoms with E-state index in [4.69, 9.17) is 14.2 Å². The standard InChI is InChI=1S/C21H23NO6S/c1-11-5-7-14(12(2)9-11)28-10-16(23)22-19-18(21(25)27-4)17-13(20(24)26-3)6-8-15(17)29-19/h5,7,9,13H,6,8,10H2,1-4H3,(H,22,23)/t13-/m1/s1. The number of amides is 1. The van der Waals surface area contributed by atoms with Crippen molar-refractivity contribution in [3.05, 3.63) is 45.3 Å². The van der Waals surface area contributed by atoms with Gasteiger partial charge in [0.05, 0.1) is 25.7 Å². The van der Waals surface area contributed by atoms with Gasteiger partial charge >= 0.3 is 11.9 Å². The Bertz CT molecular complexity index is 964. The van der Waals surface area contributed by atoms with Gasteiger partial charge in [-0.1, -0.05) is 17.7 Å². The highest BCUT2D eigenvalue weighted by Gasteiger charge is 2.38. The molecular weight excluding hydrogens is 394 g/mol. The lowest BCUT2D eigenvalue weighted by Gasteiger charge is -2.12. The van der Waals surface area contributed by atoms with Crippen LogP contribution in [0.1, 0.15) is 44.3 Å². The Hall–Kier alpha value is -2.87. The van der Waals surface area contributed by atoms with E-state index < -0.39 is 23.8 Å². The number of esters is 2. The third kappa shape index (κ3) is 4.27. The largest absolute Gasteiger partial charge is 0.483 e. The molecule has 8 heteroatoms. The molecular formula is C21H23NO6S. The van der Waals surface area contributed by atoms with E-state index in [1.807, 2.05) is 32.0 Å². The van der Waals surface area contributed by atoms with E-state index in [1.54, 1.807) is 0 Å². The van der Waals surface area contributed by atoms with Crippen LogP contribution in [0.4, 0.5) is 5.00 Å². The highest BCUT2D eigenvalue weighted by molar-refractivity contribution is 7.17. The molecule has 0 aliphatic heterocycles. The molecule has 0 unspecified atom stereocenters. The molecule has 3 rings (SSSR count). The molecule has 0 saturated heterocycles. The summed E-state index contributed by atoms with van der Waals surface area (Å²) in [6.07, 6.45) is 1.21. The number of rotatable bonds is 6. The molecule has 1 N–H and O–H groups in total. The van der Waals surface area contributed by atoms with E-state index in [9.17, 15) is 14.4 Å². The number of hydrogen-bond acceptors (Lipinski definition) is 7. The van der Waals surface area contributed by atoms with Crippen molar-refractivity contribution in [1.29, 1.82) is 0 Å². The molecule has 1 aromatic carbocycles. The molecule has 1 aliphatic carbocycles. The van der Waals surface area contributed by atoms with Gasteiger partial charge in [0, 0.05) is 4.88 Å². The van der Waals surface area contributed by atoms with Crippen LogP contribution in [0.25, 0.3) is 0 Å². The fourth-order valence-corrected chi connectivity index (χ4v) is 4.78. The summed E-state index contributed by atoms with van der Waals surface area (Å²) in [5, 5.41) is 3.10. The van der Waals surface area contributed by atoms with Crippen molar-refractivity contribution in [1.82, 2.24) is 0 Å². The fourth-order valence-electron chi connectivity index (χ4n) is 3.50. The first-order valence-electron chi connectivity index (χ1n) is 9.17. The van der Waals surface area contributed by atoms with Crippen LogP contribution in [0.2, 0.25) is 0 Å². The van der Waals surface area contributed by atoms with E-state index in [0.29, 0.717) is 29.2 Å². The molecule has 0 radical (unpaired) electrons. The zero-order valence-electron chi connectivity index (χ0n) is 16.8. The molecule has 1 amide bonds. The third-order valence-electron chi connectivity index (χ3n) is 4.85. The second-order valence-electron chi connectivity index (χ2n) is 6.85. The lowest BCUT2D eigenvalue weighted by atomic mass is 9.99. The number of benzene rings is 1. The number of thiophene rings is 1. The normalized spacial score (nSPS) is 14.8. The number of methoxy groups -OCH3 is 2. The van der Waals surface area contributed by atoms with Crippen LogP contribution in [0.15, 0.2) is 18.2 Å². The van der Waals surface area contributed by atoms with Crippen molar-refractivity contribution in [2.24, 2.45) is 0 Å². The number of anilines is 1. The van der Waals surface area contributed by atoms with E-state index in [-0.39, 0.29) is 12.2 Å².